The molecule has 1 heterocycles. The fraction of sp³-hybridized carbons (Fsp3) is 0.682. The number of halogens is 1. The second-order valence-electron chi connectivity index (χ2n) is 10.1. The first-order valence-corrected chi connectivity index (χ1v) is 10.5. The summed E-state index contributed by atoms with van der Waals surface area (Å²) in [7, 11) is -0.745. The van der Waals surface area contributed by atoms with Gasteiger partial charge in [0.2, 0.25) is 0 Å². The zero-order valence-corrected chi connectivity index (χ0v) is 18.6. The second-order valence-corrected chi connectivity index (χ2v) is 10.1. The smallest absolute Gasteiger partial charge is 0.444 e. The van der Waals surface area contributed by atoms with Crippen molar-refractivity contribution < 1.29 is 23.2 Å². The predicted octanol–water partition coefficient (Wildman–Crippen LogP) is 4.42. The maximum Gasteiger partial charge on any atom is 0.497 e. The number of hydrogen-bond acceptors (Lipinski definition) is 4. The van der Waals surface area contributed by atoms with Gasteiger partial charge in [-0.2, -0.15) is 0 Å². The van der Waals surface area contributed by atoms with Crippen LogP contribution in [0.1, 0.15) is 84.9 Å². The first kappa shape index (κ1) is 22.1. The van der Waals surface area contributed by atoms with Gasteiger partial charge in [0.15, 0.2) is 0 Å². The molecule has 29 heavy (non-hydrogen) atoms. The van der Waals surface area contributed by atoms with Crippen molar-refractivity contribution in [1.29, 1.82) is 0 Å². The summed E-state index contributed by atoms with van der Waals surface area (Å²) in [5.74, 6) is -0.375. The van der Waals surface area contributed by atoms with Gasteiger partial charge in [0.25, 0.3) is 0 Å². The van der Waals surface area contributed by atoms with Crippen LogP contribution in [0.2, 0.25) is 0 Å². The minimum atomic E-state index is -0.745. The van der Waals surface area contributed by atoms with Crippen molar-refractivity contribution in [2.75, 3.05) is 0 Å². The molecule has 0 bridgehead atoms. The van der Waals surface area contributed by atoms with Crippen molar-refractivity contribution in [3.05, 3.63) is 29.1 Å². The summed E-state index contributed by atoms with van der Waals surface area (Å²) in [5.41, 5.74) is 0.611. The number of amides is 1. The SMILES string of the molecule is CC(C)(C)OC(=O)N[C@@H]1CCCCc2cc(B3OC(C)(C)C(C)(C)O3)c(F)cc21. The Balaban J connectivity index is 1.88. The molecular weight excluding hydrogens is 372 g/mol. The molecule has 5 nitrogen and oxygen atoms in total. The summed E-state index contributed by atoms with van der Waals surface area (Å²) < 4.78 is 32.6. The Morgan fingerprint density at radius 1 is 1.17 bits per heavy atom. The molecule has 160 valence electrons. The van der Waals surface area contributed by atoms with E-state index in [0.717, 1.165) is 36.8 Å². The Morgan fingerprint density at radius 3 is 2.38 bits per heavy atom. The molecule has 0 spiro atoms. The molecule has 1 aromatic carbocycles. The number of benzene rings is 1. The highest BCUT2D eigenvalue weighted by Gasteiger charge is 2.52. The van der Waals surface area contributed by atoms with Crippen LogP contribution in [0, 0.1) is 5.82 Å². The molecule has 1 aliphatic heterocycles. The molecule has 3 rings (SSSR count). The second kappa shape index (κ2) is 7.58. The minimum Gasteiger partial charge on any atom is -0.444 e. The lowest BCUT2D eigenvalue weighted by atomic mass is 9.76. The van der Waals surface area contributed by atoms with Crippen LogP contribution >= 0.6 is 0 Å². The summed E-state index contributed by atoms with van der Waals surface area (Å²) >= 11 is 0. The first-order valence-electron chi connectivity index (χ1n) is 10.5. The number of hydrogen-bond donors (Lipinski definition) is 1. The maximum atomic E-state index is 15.1. The van der Waals surface area contributed by atoms with E-state index in [-0.39, 0.29) is 11.9 Å². The molecule has 1 aromatic rings. The maximum absolute atomic E-state index is 15.1. The average molecular weight is 405 g/mol. The lowest BCUT2D eigenvalue weighted by molar-refractivity contribution is 0.00578. The van der Waals surface area contributed by atoms with Crippen LogP contribution in [-0.4, -0.2) is 30.0 Å². The van der Waals surface area contributed by atoms with Crippen molar-refractivity contribution >= 4 is 18.7 Å². The quantitative estimate of drug-likeness (QED) is 0.585. The third-order valence-electron chi connectivity index (χ3n) is 6.02. The third kappa shape index (κ3) is 4.77. The van der Waals surface area contributed by atoms with Crippen LogP contribution in [0.15, 0.2) is 12.1 Å². The van der Waals surface area contributed by atoms with Crippen molar-refractivity contribution in [1.82, 2.24) is 5.32 Å². The number of fused-ring (bicyclic) bond motifs is 1. The summed E-state index contributed by atoms with van der Waals surface area (Å²) in [6.45, 7) is 13.3. The van der Waals surface area contributed by atoms with Gasteiger partial charge in [-0.25, -0.2) is 9.18 Å². The minimum absolute atomic E-state index is 0.274. The molecule has 1 atom stereocenters. The van der Waals surface area contributed by atoms with E-state index >= 15 is 4.39 Å². The number of alkyl carbamates (subject to hydrolysis) is 1. The average Bonchev–Trinajstić information content (AvgIpc) is 2.67. The molecule has 1 saturated heterocycles. The van der Waals surface area contributed by atoms with Gasteiger partial charge < -0.3 is 19.4 Å². The van der Waals surface area contributed by atoms with Gasteiger partial charge in [0.05, 0.1) is 17.2 Å². The molecule has 0 unspecified atom stereocenters. The molecular formula is C22H33BFNO4. The van der Waals surface area contributed by atoms with Crippen LogP contribution in [0.5, 0.6) is 0 Å². The monoisotopic (exact) mass is 405 g/mol. The van der Waals surface area contributed by atoms with Gasteiger partial charge >= 0.3 is 13.2 Å². The van der Waals surface area contributed by atoms with Gasteiger partial charge in [0, 0.05) is 5.46 Å². The molecule has 2 aliphatic rings. The molecule has 0 radical (unpaired) electrons. The van der Waals surface area contributed by atoms with Gasteiger partial charge in [-0.1, -0.05) is 12.5 Å². The van der Waals surface area contributed by atoms with E-state index in [2.05, 4.69) is 5.32 Å². The number of rotatable bonds is 2. The summed E-state index contributed by atoms with van der Waals surface area (Å²) in [4.78, 5) is 12.3. The third-order valence-corrected chi connectivity index (χ3v) is 6.02. The van der Waals surface area contributed by atoms with E-state index in [4.69, 9.17) is 14.0 Å². The molecule has 0 saturated carbocycles. The first-order chi connectivity index (χ1) is 13.3. The fourth-order valence-corrected chi connectivity index (χ4v) is 3.76. The summed E-state index contributed by atoms with van der Waals surface area (Å²) in [5, 5.41) is 2.92. The molecule has 1 amide bonds. The van der Waals surface area contributed by atoms with Crippen LogP contribution in [-0.2, 0) is 20.5 Å². The number of ether oxygens (including phenoxy) is 1. The topological polar surface area (TPSA) is 56.8 Å². The number of nitrogens with one attached hydrogen (secondary N) is 1. The Labute approximate surface area is 173 Å². The summed E-state index contributed by atoms with van der Waals surface area (Å²) in [6.07, 6.45) is 3.03. The predicted molar refractivity (Wildman–Crippen MR) is 112 cm³/mol. The molecule has 7 heteroatoms. The normalized spacial score (nSPS) is 23.3. The van der Waals surface area contributed by atoms with Gasteiger partial charge in [0.1, 0.15) is 11.4 Å². The zero-order valence-electron chi connectivity index (χ0n) is 18.6. The lowest BCUT2D eigenvalue weighted by Gasteiger charge is -2.32. The summed E-state index contributed by atoms with van der Waals surface area (Å²) in [6, 6.07) is 3.11. The van der Waals surface area contributed by atoms with E-state index in [1.807, 2.05) is 54.5 Å². The van der Waals surface area contributed by atoms with Crippen LogP contribution in [0.4, 0.5) is 9.18 Å². The lowest BCUT2D eigenvalue weighted by Crippen LogP contribution is -2.41. The zero-order chi connectivity index (χ0) is 21.6. The Morgan fingerprint density at radius 2 is 1.79 bits per heavy atom. The van der Waals surface area contributed by atoms with E-state index in [1.165, 1.54) is 6.07 Å². The number of carbonyl (C=O) groups is 1. The fourth-order valence-electron chi connectivity index (χ4n) is 3.76. The van der Waals surface area contributed by atoms with Gasteiger partial charge in [-0.15, -0.1) is 0 Å². The highest BCUT2D eigenvalue weighted by atomic mass is 19.1. The molecule has 1 N–H and O–H groups in total. The van der Waals surface area contributed by atoms with Crippen molar-refractivity contribution in [2.45, 2.75) is 97.0 Å². The van der Waals surface area contributed by atoms with Crippen molar-refractivity contribution in [3.63, 3.8) is 0 Å². The highest BCUT2D eigenvalue weighted by molar-refractivity contribution is 6.62. The van der Waals surface area contributed by atoms with E-state index in [9.17, 15) is 4.79 Å². The van der Waals surface area contributed by atoms with Crippen LogP contribution in [0.25, 0.3) is 0 Å². The standard InChI is InChI=1S/C22H33BFNO4/c1-20(2,3)27-19(26)25-18-11-9-8-10-14-12-16(17(24)13-15(14)18)23-28-21(4,5)22(6,7)29-23/h12-13,18H,8-11H2,1-7H3,(H,25,26)/t18-/m1/s1. The number of aryl methyl sites for hydroxylation is 1. The molecule has 0 aromatic heterocycles. The largest absolute Gasteiger partial charge is 0.497 e. The Bertz CT molecular complexity index is 772. The number of carbonyl (C=O) groups excluding carboxylic acids is 1. The van der Waals surface area contributed by atoms with Gasteiger partial charge in [-0.05, 0) is 84.9 Å². The Kier molecular flexibility index (Phi) is 5.78. The van der Waals surface area contributed by atoms with Gasteiger partial charge in [-0.3, -0.25) is 0 Å². The van der Waals surface area contributed by atoms with Crippen LogP contribution in [0.3, 0.4) is 0 Å². The molecule has 1 aliphatic carbocycles. The van der Waals surface area contributed by atoms with Crippen molar-refractivity contribution in [3.8, 4) is 0 Å². The highest BCUT2D eigenvalue weighted by Crippen LogP contribution is 2.37. The molecule has 1 fully saturated rings. The van der Waals surface area contributed by atoms with Crippen molar-refractivity contribution in [2.24, 2.45) is 0 Å². The van der Waals surface area contributed by atoms with E-state index in [0.29, 0.717) is 5.46 Å². The van der Waals surface area contributed by atoms with Crippen LogP contribution < -0.4 is 10.8 Å². The van der Waals surface area contributed by atoms with E-state index < -0.39 is 30.0 Å². The van der Waals surface area contributed by atoms with E-state index in [1.54, 1.807) is 0 Å². The Hall–Kier alpha value is -1.60.